The zero-order valence-electron chi connectivity index (χ0n) is 12.0. The maximum Gasteiger partial charge on any atom is 0.125 e. The van der Waals surface area contributed by atoms with Gasteiger partial charge >= 0.3 is 0 Å². The third-order valence-corrected chi connectivity index (χ3v) is 4.19. The van der Waals surface area contributed by atoms with Crippen molar-refractivity contribution >= 4 is 27.7 Å². The van der Waals surface area contributed by atoms with E-state index in [1.54, 1.807) is 0 Å². The lowest BCUT2D eigenvalue weighted by Gasteiger charge is -2.16. The van der Waals surface area contributed by atoms with Crippen LogP contribution in [0.5, 0.6) is 5.75 Å². The van der Waals surface area contributed by atoms with Crippen molar-refractivity contribution in [2.24, 2.45) is 5.73 Å². The fourth-order valence-corrected chi connectivity index (χ4v) is 3.21. The van der Waals surface area contributed by atoms with Crippen molar-refractivity contribution in [1.82, 2.24) is 0 Å². The third-order valence-electron chi connectivity index (χ3n) is 2.74. The standard InChI is InChI=1S/C15H24BrNOS/c1-4-19-7-5-6-18-15-11(2)8-14(16)10-13(15)9-12(3)17/h8,10,12H,4-7,9,17H2,1-3H3. The smallest absolute Gasteiger partial charge is 0.125 e. The number of rotatable bonds is 8. The molecule has 0 amide bonds. The molecule has 0 heterocycles. The van der Waals surface area contributed by atoms with Gasteiger partial charge < -0.3 is 10.5 Å². The third kappa shape index (κ3) is 6.19. The summed E-state index contributed by atoms with van der Waals surface area (Å²) in [6.07, 6.45) is 1.94. The first kappa shape index (κ1) is 16.9. The average Bonchev–Trinajstić information content (AvgIpc) is 2.30. The van der Waals surface area contributed by atoms with Crippen molar-refractivity contribution < 1.29 is 4.74 Å². The Morgan fingerprint density at radius 1 is 1.42 bits per heavy atom. The van der Waals surface area contributed by atoms with Gasteiger partial charge in [0.2, 0.25) is 0 Å². The largest absolute Gasteiger partial charge is 0.493 e. The highest BCUT2D eigenvalue weighted by molar-refractivity contribution is 9.10. The van der Waals surface area contributed by atoms with Crippen molar-refractivity contribution in [3.63, 3.8) is 0 Å². The van der Waals surface area contributed by atoms with Gasteiger partial charge in [-0.1, -0.05) is 22.9 Å². The zero-order valence-corrected chi connectivity index (χ0v) is 14.4. The summed E-state index contributed by atoms with van der Waals surface area (Å²) in [5.74, 6) is 3.35. The van der Waals surface area contributed by atoms with E-state index in [4.69, 9.17) is 10.5 Å². The molecule has 1 rings (SSSR count). The second-order valence-electron chi connectivity index (χ2n) is 4.79. The molecule has 0 aromatic heterocycles. The molecule has 19 heavy (non-hydrogen) atoms. The molecule has 0 radical (unpaired) electrons. The highest BCUT2D eigenvalue weighted by Gasteiger charge is 2.10. The Morgan fingerprint density at radius 2 is 2.16 bits per heavy atom. The maximum atomic E-state index is 5.98. The Bertz CT molecular complexity index is 396. The van der Waals surface area contributed by atoms with Crippen LogP contribution in [0.25, 0.3) is 0 Å². The quantitative estimate of drug-likeness (QED) is 0.718. The molecule has 0 bridgehead atoms. The summed E-state index contributed by atoms with van der Waals surface area (Å²) in [6.45, 7) is 7.08. The van der Waals surface area contributed by atoms with E-state index in [1.807, 2.05) is 18.7 Å². The van der Waals surface area contributed by atoms with E-state index in [2.05, 4.69) is 41.9 Å². The number of nitrogens with two attached hydrogens (primary N) is 1. The van der Waals surface area contributed by atoms with Gasteiger partial charge in [-0.2, -0.15) is 11.8 Å². The highest BCUT2D eigenvalue weighted by atomic mass is 79.9. The molecule has 0 aliphatic carbocycles. The Morgan fingerprint density at radius 3 is 2.79 bits per heavy atom. The molecule has 0 aliphatic heterocycles. The molecule has 1 unspecified atom stereocenters. The van der Waals surface area contributed by atoms with Crippen molar-refractivity contribution in [2.75, 3.05) is 18.1 Å². The van der Waals surface area contributed by atoms with Crippen LogP contribution in [0.1, 0.15) is 31.4 Å². The highest BCUT2D eigenvalue weighted by Crippen LogP contribution is 2.29. The Balaban J connectivity index is 2.68. The van der Waals surface area contributed by atoms with Gasteiger partial charge in [-0.15, -0.1) is 0 Å². The summed E-state index contributed by atoms with van der Waals surface area (Å²) in [7, 11) is 0. The van der Waals surface area contributed by atoms with Crippen LogP contribution in [0.3, 0.4) is 0 Å². The minimum atomic E-state index is 0.145. The van der Waals surface area contributed by atoms with Gasteiger partial charge in [0.1, 0.15) is 5.75 Å². The molecule has 2 nitrogen and oxygen atoms in total. The molecule has 0 fully saturated rings. The Labute approximate surface area is 129 Å². The molecule has 1 atom stereocenters. The lowest BCUT2D eigenvalue weighted by molar-refractivity contribution is 0.312. The average molecular weight is 346 g/mol. The monoisotopic (exact) mass is 345 g/mol. The van der Waals surface area contributed by atoms with Crippen LogP contribution in [-0.4, -0.2) is 24.2 Å². The van der Waals surface area contributed by atoms with Crippen molar-refractivity contribution in [1.29, 1.82) is 0 Å². The molecule has 0 aliphatic rings. The lowest BCUT2D eigenvalue weighted by atomic mass is 10.0. The van der Waals surface area contributed by atoms with E-state index < -0.39 is 0 Å². The van der Waals surface area contributed by atoms with Crippen molar-refractivity contribution in [2.45, 2.75) is 39.7 Å². The summed E-state index contributed by atoms with van der Waals surface area (Å²) >= 11 is 5.50. The fourth-order valence-electron chi connectivity index (χ4n) is 1.98. The van der Waals surface area contributed by atoms with E-state index >= 15 is 0 Å². The Hall–Kier alpha value is -0.190. The zero-order chi connectivity index (χ0) is 14.3. The normalized spacial score (nSPS) is 12.5. The van der Waals surface area contributed by atoms with Crippen LogP contribution in [-0.2, 0) is 6.42 Å². The van der Waals surface area contributed by atoms with Crippen molar-refractivity contribution in [3.8, 4) is 5.75 Å². The molecule has 1 aromatic carbocycles. The summed E-state index contributed by atoms with van der Waals surface area (Å²) in [6, 6.07) is 4.36. The minimum absolute atomic E-state index is 0.145. The van der Waals surface area contributed by atoms with Crippen LogP contribution in [0.2, 0.25) is 0 Å². The number of aryl methyl sites for hydroxylation is 1. The van der Waals surface area contributed by atoms with Gasteiger partial charge in [0.25, 0.3) is 0 Å². The molecular formula is C15H24BrNOS. The number of thioether (sulfide) groups is 1. The van der Waals surface area contributed by atoms with Gasteiger partial charge in [-0.25, -0.2) is 0 Å². The number of ether oxygens (including phenoxy) is 1. The van der Waals surface area contributed by atoms with Gasteiger partial charge in [0.05, 0.1) is 6.61 Å². The maximum absolute atomic E-state index is 5.98. The summed E-state index contributed by atoms with van der Waals surface area (Å²) in [4.78, 5) is 0. The van der Waals surface area contributed by atoms with E-state index in [-0.39, 0.29) is 6.04 Å². The van der Waals surface area contributed by atoms with E-state index in [1.165, 1.54) is 16.9 Å². The van der Waals surface area contributed by atoms with E-state index in [9.17, 15) is 0 Å². The molecular weight excluding hydrogens is 322 g/mol. The predicted octanol–water partition coefficient (Wildman–Crippen LogP) is 4.17. The summed E-state index contributed by atoms with van der Waals surface area (Å²) in [5, 5.41) is 0. The van der Waals surface area contributed by atoms with Crippen LogP contribution in [0.15, 0.2) is 16.6 Å². The number of hydrogen-bond donors (Lipinski definition) is 1. The summed E-state index contributed by atoms with van der Waals surface area (Å²) in [5.41, 5.74) is 8.29. The SMILES string of the molecule is CCSCCCOc1c(C)cc(Br)cc1CC(C)N. The van der Waals surface area contributed by atoms with Crippen LogP contribution in [0, 0.1) is 6.92 Å². The first-order valence-corrected chi connectivity index (χ1v) is 8.74. The van der Waals surface area contributed by atoms with Crippen LogP contribution >= 0.6 is 27.7 Å². The lowest BCUT2D eigenvalue weighted by Crippen LogP contribution is -2.18. The first-order valence-electron chi connectivity index (χ1n) is 6.79. The molecule has 0 spiro atoms. The van der Waals surface area contributed by atoms with Gasteiger partial charge in [-0.3, -0.25) is 0 Å². The molecule has 108 valence electrons. The summed E-state index contributed by atoms with van der Waals surface area (Å²) < 4.78 is 7.07. The van der Waals surface area contributed by atoms with Gasteiger partial charge in [0, 0.05) is 10.5 Å². The van der Waals surface area contributed by atoms with Gasteiger partial charge in [-0.05, 0) is 61.5 Å². The molecule has 0 saturated heterocycles. The van der Waals surface area contributed by atoms with Crippen LogP contribution in [0.4, 0.5) is 0 Å². The number of hydrogen-bond acceptors (Lipinski definition) is 3. The molecule has 2 N–H and O–H groups in total. The molecule has 4 heteroatoms. The predicted molar refractivity (Wildman–Crippen MR) is 89.3 cm³/mol. The minimum Gasteiger partial charge on any atom is -0.493 e. The van der Waals surface area contributed by atoms with Crippen molar-refractivity contribution in [3.05, 3.63) is 27.7 Å². The van der Waals surface area contributed by atoms with E-state index in [0.29, 0.717) is 0 Å². The second kappa shape index (κ2) is 8.88. The number of benzene rings is 1. The second-order valence-corrected chi connectivity index (χ2v) is 7.10. The topological polar surface area (TPSA) is 35.2 Å². The number of halogens is 1. The Kier molecular flexibility index (Phi) is 7.88. The fraction of sp³-hybridized carbons (Fsp3) is 0.600. The van der Waals surface area contributed by atoms with E-state index in [0.717, 1.165) is 35.4 Å². The van der Waals surface area contributed by atoms with Crippen LogP contribution < -0.4 is 10.5 Å². The first-order chi connectivity index (χ1) is 9.04. The molecule has 0 saturated carbocycles. The molecule has 1 aromatic rings. The van der Waals surface area contributed by atoms with Gasteiger partial charge in [0.15, 0.2) is 0 Å².